The number of esters is 1. The molecule has 0 radical (unpaired) electrons. The van der Waals surface area contributed by atoms with E-state index in [0.29, 0.717) is 16.7 Å². The summed E-state index contributed by atoms with van der Waals surface area (Å²) in [7, 11) is 1.30. The SMILES string of the molecule is COC(=O)C(c1cccc(C#N)c1)N1CC(O)(c2ccc(F)cc2)C1. The number of methoxy groups -OCH3 is 1. The largest absolute Gasteiger partial charge is 0.468 e. The predicted octanol–water partition coefficient (Wildman–Crippen LogP) is 2.11. The summed E-state index contributed by atoms with van der Waals surface area (Å²) in [6, 6.07) is 13.7. The van der Waals surface area contributed by atoms with E-state index in [1.807, 2.05) is 6.07 Å². The molecular weight excluding hydrogens is 323 g/mol. The lowest BCUT2D eigenvalue weighted by Crippen LogP contribution is -2.61. The zero-order chi connectivity index (χ0) is 18.0. The van der Waals surface area contributed by atoms with Crippen LogP contribution in [0.3, 0.4) is 0 Å². The minimum atomic E-state index is -1.15. The second kappa shape index (κ2) is 6.63. The van der Waals surface area contributed by atoms with Crippen LogP contribution in [0.2, 0.25) is 0 Å². The first-order valence-corrected chi connectivity index (χ1v) is 7.77. The van der Waals surface area contributed by atoms with Gasteiger partial charge in [0.05, 0.1) is 18.7 Å². The molecule has 0 spiro atoms. The van der Waals surface area contributed by atoms with Crippen molar-refractivity contribution in [3.63, 3.8) is 0 Å². The number of halogens is 1. The highest BCUT2D eigenvalue weighted by atomic mass is 19.1. The highest BCUT2D eigenvalue weighted by molar-refractivity contribution is 5.78. The van der Waals surface area contributed by atoms with Gasteiger partial charge in [0.1, 0.15) is 17.5 Å². The lowest BCUT2D eigenvalue weighted by molar-refractivity contribution is -0.163. The summed E-state index contributed by atoms with van der Waals surface area (Å²) in [6.07, 6.45) is 0. The van der Waals surface area contributed by atoms with Crippen molar-refractivity contribution >= 4 is 5.97 Å². The molecular formula is C19H17FN2O3. The van der Waals surface area contributed by atoms with Gasteiger partial charge in [0.25, 0.3) is 0 Å². The van der Waals surface area contributed by atoms with Gasteiger partial charge >= 0.3 is 5.97 Å². The monoisotopic (exact) mass is 340 g/mol. The Morgan fingerprint density at radius 1 is 1.32 bits per heavy atom. The van der Waals surface area contributed by atoms with E-state index in [9.17, 15) is 14.3 Å². The van der Waals surface area contributed by atoms with Crippen LogP contribution in [0.4, 0.5) is 4.39 Å². The number of carbonyl (C=O) groups excluding carboxylic acids is 1. The summed E-state index contributed by atoms with van der Waals surface area (Å²) >= 11 is 0. The molecule has 0 saturated carbocycles. The summed E-state index contributed by atoms with van der Waals surface area (Å²) in [5, 5.41) is 19.8. The van der Waals surface area contributed by atoms with Crippen LogP contribution in [-0.4, -0.2) is 36.2 Å². The molecule has 0 bridgehead atoms. The van der Waals surface area contributed by atoms with Gasteiger partial charge in [0.2, 0.25) is 0 Å². The number of nitriles is 1. The maximum atomic E-state index is 13.1. The van der Waals surface area contributed by atoms with E-state index in [4.69, 9.17) is 10.00 Å². The Bertz CT molecular complexity index is 823. The van der Waals surface area contributed by atoms with Crippen molar-refractivity contribution in [2.45, 2.75) is 11.6 Å². The summed E-state index contributed by atoms with van der Waals surface area (Å²) in [6.45, 7) is 0.407. The molecule has 6 heteroatoms. The average Bonchev–Trinajstić information content (AvgIpc) is 2.60. The highest BCUT2D eigenvalue weighted by Crippen LogP contribution is 2.38. The maximum absolute atomic E-state index is 13.1. The number of aliphatic hydroxyl groups is 1. The molecule has 1 fully saturated rings. The summed E-state index contributed by atoms with van der Waals surface area (Å²) in [5.41, 5.74) is 0.527. The molecule has 5 nitrogen and oxygen atoms in total. The van der Waals surface area contributed by atoms with Crippen molar-refractivity contribution in [3.8, 4) is 6.07 Å². The molecule has 1 aliphatic rings. The van der Waals surface area contributed by atoms with Crippen molar-refractivity contribution in [2.75, 3.05) is 20.2 Å². The minimum Gasteiger partial charge on any atom is -0.468 e. The Balaban J connectivity index is 1.84. The quantitative estimate of drug-likeness (QED) is 0.863. The molecule has 0 amide bonds. The number of hydrogen-bond donors (Lipinski definition) is 1. The number of benzene rings is 2. The van der Waals surface area contributed by atoms with Crippen LogP contribution >= 0.6 is 0 Å². The Labute approximate surface area is 144 Å². The minimum absolute atomic E-state index is 0.204. The molecule has 2 aromatic rings. The second-order valence-electron chi connectivity index (χ2n) is 6.11. The molecule has 1 N–H and O–H groups in total. The zero-order valence-electron chi connectivity index (χ0n) is 13.6. The van der Waals surface area contributed by atoms with E-state index in [2.05, 4.69) is 0 Å². The fourth-order valence-corrected chi connectivity index (χ4v) is 3.14. The lowest BCUT2D eigenvalue weighted by Gasteiger charge is -2.49. The van der Waals surface area contributed by atoms with Gasteiger partial charge < -0.3 is 9.84 Å². The highest BCUT2D eigenvalue weighted by Gasteiger charge is 2.48. The molecule has 1 heterocycles. The molecule has 0 aliphatic carbocycles. The number of rotatable bonds is 4. The Kier molecular flexibility index (Phi) is 4.53. The van der Waals surface area contributed by atoms with Gasteiger partial charge in [-0.1, -0.05) is 24.3 Å². The van der Waals surface area contributed by atoms with Crippen LogP contribution in [-0.2, 0) is 15.1 Å². The molecule has 25 heavy (non-hydrogen) atoms. The van der Waals surface area contributed by atoms with E-state index < -0.39 is 17.6 Å². The van der Waals surface area contributed by atoms with Gasteiger partial charge in [-0.3, -0.25) is 4.90 Å². The molecule has 2 aromatic carbocycles. The van der Waals surface area contributed by atoms with Gasteiger partial charge in [0.15, 0.2) is 0 Å². The first-order chi connectivity index (χ1) is 12.0. The first-order valence-electron chi connectivity index (χ1n) is 7.77. The van der Waals surface area contributed by atoms with E-state index in [1.54, 1.807) is 29.2 Å². The molecule has 1 unspecified atom stereocenters. The molecule has 1 aliphatic heterocycles. The van der Waals surface area contributed by atoms with Crippen molar-refractivity contribution in [1.82, 2.24) is 4.90 Å². The van der Waals surface area contributed by atoms with Crippen molar-refractivity contribution < 1.29 is 19.0 Å². The number of hydrogen-bond acceptors (Lipinski definition) is 5. The number of likely N-dealkylation sites (tertiary alicyclic amines) is 1. The zero-order valence-corrected chi connectivity index (χ0v) is 13.6. The van der Waals surface area contributed by atoms with Gasteiger partial charge in [0, 0.05) is 13.1 Å². The average molecular weight is 340 g/mol. The lowest BCUT2D eigenvalue weighted by atomic mass is 9.84. The summed E-state index contributed by atoms with van der Waals surface area (Å²) in [4.78, 5) is 14.0. The van der Waals surface area contributed by atoms with E-state index >= 15 is 0 Å². The van der Waals surface area contributed by atoms with Crippen LogP contribution in [0.1, 0.15) is 22.7 Å². The number of carbonyl (C=O) groups is 1. The van der Waals surface area contributed by atoms with Crippen molar-refractivity contribution in [3.05, 3.63) is 71.0 Å². The van der Waals surface area contributed by atoms with Gasteiger partial charge in [-0.2, -0.15) is 5.26 Å². The Hall–Kier alpha value is -2.75. The third kappa shape index (κ3) is 3.25. The first kappa shape index (κ1) is 17.1. The fourth-order valence-electron chi connectivity index (χ4n) is 3.14. The topological polar surface area (TPSA) is 73.6 Å². The van der Waals surface area contributed by atoms with Crippen LogP contribution < -0.4 is 0 Å². The van der Waals surface area contributed by atoms with Gasteiger partial charge in [-0.15, -0.1) is 0 Å². The molecule has 0 aromatic heterocycles. The predicted molar refractivity (Wildman–Crippen MR) is 87.8 cm³/mol. The number of β-amino-alcohol motifs (C(OH)–C–C–N with tert-alkyl or cyclic N) is 1. The van der Waals surface area contributed by atoms with Crippen molar-refractivity contribution in [2.24, 2.45) is 0 Å². The van der Waals surface area contributed by atoms with E-state index in [1.165, 1.54) is 31.4 Å². The van der Waals surface area contributed by atoms with Gasteiger partial charge in [-0.25, -0.2) is 9.18 Å². The van der Waals surface area contributed by atoms with Crippen LogP contribution in [0.25, 0.3) is 0 Å². The summed E-state index contributed by atoms with van der Waals surface area (Å²) in [5.74, 6) is -0.833. The summed E-state index contributed by atoms with van der Waals surface area (Å²) < 4.78 is 18.0. The van der Waals surface area contributed by atoms with E-state index in [-0.39, 0.29) is 18.9 Å². The van der Waals surface area contributed by atoms with Crippen LogP contribution in [0, 0.1) is 17.1 Å². The van der Waals surface area contributed by atoms with Crippen LogP contribution in [0.5, 0.6) is 0 Å². The third-order valence-electron chi connectivity index (χ3n) is 4.43. The Morgan fingerprint density at radius 2 is 2.00 bits per heavy atom. The van der Waals surface area contributed by atoms with Crippen molar-refractivity contribution in [1.29, 1.82) is 5.26 Å². The third-order valence-corrected chi connectivity index (χ3v) is 4.43. The second-order valence-corrected chi connectivity index (χ2v) is 6.11. The van der Waals surface area contributed by atoms with E-state index in [0.717, 1.165) is 0 Å². The normalized spacial score (nSPS) is 17.2. The standard InChI is InChI=1S/C19H17FN2O3/c1-25-18(23)17(14-4-2-3-13(9-14)10-21)22-11-19(24,12-22)15-5-7-16(20)8-6-15/h2-9,17,24H,11-12H2,1H3. The number of ether oxygens (including phenoxy) is 1. The number of nitrogens with zero attached hydrogens (tertiary/aromatic N) is 2. The molecule has 3 rings (SSSR count). The molecule has 128 valence electrons. The fraction of sp³-hybridized carbons (Fsp3) is 0.263. The Morgan fingerprint density at radius 3 is 2.60 bits per heavy atom. The maximum Gasteiger partial charge on any atom is 0.327 e. The molecule has 1 atom stereocenters. The molecule has 1 saturated heterocycles. The smallest absolute Gasteiger partial charge is 0.327 e. The van der Waals surface area contributed by atoms with Crippen LogP contribution in [0.15, 0.2) is 48.5 Å². The van der Waals surface area contributed by atoms with Gasteiger partial charge in [-0.05, 0) is 35.4 Å².